The highest BCUT2D eigenvalue weighted by Crippen LogP contribution is 2.20. The van der Waals surface area contributed by atoms with E-state index in [4.69, 9.17) is 5.11 Å². The molecular formula is C12H11BrFN3O2. The van der Waals surface area contributed by atoms with Crippen LogP contribution in [0.3, 0.4) is 0 Å². The summed E-state index contributed by atoms with van der Waals surface area (Å²) >= 11 is 3.17. The number of nitrogens with zero attached hydrogens (tertiary/aromatic N) is 2. The Labute approximate surface area is 117 Å². The number of aromatic carboxylic acids is 1. The van der Waals surface area contributed by atoms with Crippen LogP contribution in [0.4, 0.5) is 10.1 Å². The number of anilines is 1. The van der Waals surface area contributed by atoms with E-state index >= 15 is 0 Å². The molecule has 0 saturated heterocycles. The van der Waals surface area contributed by atoms with Gasteiger partial charge in [0, 0.05) is 11.5 Å². The Hall–Kier alpha value is -1.89. The molecule has 0 aliphatic heterocycles. The average Bonchev–Trinajstić information content (AvgIpc) is 2.70. The number of carbonyl (C=O) groups is 1. The molecule has 0 aliphatic carbocycles. The van der Waals surface area contributed by atoms with Gasteiger partial charge in [-0.05, 0) is 18.2 Å². The van der Waals surface area contributed by atoms with Crippen molar-refractivity contribution < 1.29 is 14.3 Å². The minimum Gasteiger partial charge on any atom is -0.478 e. The van der Waals surface area contributed by atoms with Crippen LogP contribution in [0.2, 0.25) is 0 Å². The van der Waals surface area contributed by atoms with E-state index in [0.717, 1.165) is 0 Å². The third-order valence-electron chi connectivity index (χ3n) is 2.67. The zero-order valence-electron chi connectivity index (χ0n) is 10.0. The molecule has 1 heterocycles. The minimum atomic E-state index is -1.05. The molecule has 0 amide bonds. The minimum absolute atomic E-state index is 0.104. The fraction of sp³-hybridized carbons (Fsp3) is 0.167. The van der Waals surface area contributed by atoms with Crippen molar-refractivity contribution in [3.05, 3.63) is 45.9 Å². The molecule has 0 unspecified atom stereocenters. The molecule has 0 fully saturated rings. The number of rotatable bonds is 4. The van der Waals surface area contributed by atoms with Crippen LogP contribution in [-0.4, -0.2) is 20.9 Å². The first-order chi connectivity index (χ1) is 8.99. The van der Waals surface area contributed by atoms with Gasteiger partial charge in [-0.2, -0.15) is 5.10 Å². The van der Waals surface area contributed by atoms with Crippen molar-refractivity contribution in [2.45, 2.75) is 6.54 Å². The highest BCUT2D eigenvalue weighted by Gasteiger charge is 2.15. The zero-order chi connectivity index (χ0) is 14.0. The summed E-state index contributed by atoms with van der Waals surface area (Å²) in [7, 11) is 1.64. The van der Waals surface area contributed by atoms with E-state index in [1.165, 1.54) is 16.9 Å². The molecule has 2 rings (SSSR count). The summed E-state index contributed by atoms with van der Waals surface area (Å²) in [6, 6.07) is 4.62. The number of hydrogen-bond donors (Lipinski definition) is 2. The Morgan fingerprint density at radius 2 is 2.32 bits per heavy atom. The Morgan fingerprint density at radius 3 is 2.95 bits per heavy atom. The normalized spacial score (nSPS) is 10.5. The van der Waals surface area contributed by atoms with Gasteiger partial charge >= 0.3 is 5.97 Å². The number of halogens is 2. The van der Waals surface area contributed by atoms with Crippen LogP contribution in [0.25, 0.3) is 0 Å². The lowest BCUT2D eigenvalue weighted by atomic mass is 10.2. The number of carboxylic acids is 1. The summed E-state index contributed by atoms with van der Waals surface area (Å²) in [4.78, 5) is 11.0. The first-order valence-corrected chi connectivity index (χ1v) is 6.21. The molecule has 100 valence electrons. The van der Waals surface area contributed by atoms with Crippen molar-refractivity contribution in [2.24, 2.45) is 7.05 Å². The van der Waals surface area contributed by atoms with Crippen LogP contribution in [-0.2, 0) is 13.6 Å². The maximum absolute atomic E-state index is 13.6. The summed E-state index contributed by atoms with van der Waals surface area (Å²) in [5.41, 5.74) is 0.892. The van der Waals surface area contributed by atoms with Crippen molar-refractivity contribution >= 4 is 27.6 Å². The maximum Gasteiger partial charge on any atom is 0.339 e. The monoisotopic (exact) mass is 327 g/mol. The second kappa shape index (κ2) is 5.40. The first kappa shape index (κ1) is 13.5. The van der Waals surface area contributed by atoms with Crippen molar-refractivity contribution in [3.8, 4) is 0 Å². The summed E-state index contributed by atoms with van der Waals surface area (Å²) in [5.74, 6) is -1.46. The number of benzene rings is 1. The van der Waals surface area contributed by atoms with Gasteiger partial charge in [0.2, 0.25) is 0 Å². The number of carboxylic acid groups (broad SMARTS) is 1. The molecule has 1 aromatic carbocycles. The lowest BCUT2D eigenvalue weighted by Crippen LogP contribution is -2.10. The third-order valence-corrected chi connectivity index (χ3v) is 3.16. The van der Waals surface area contributed by atoms with Crippen LogP contribution in [0.15, 0.2) is 28.9 Å². The van der Waals surface area contributed by atoms with E-state index in [0.29, 0.717) is 15.9 Å². The van der Waals surface area contributed by atoms with E-state index < -0.39 is 11.8 Å². The molecule has 0 saturated carbocycles. The molecule has 7 heteroatoms. The smallest absolute Gasteiger partial charge is 0.339 e. The number of aryl methyl sites for hydroxylation is 1. The quantitative estimate of drug-likeness (QED) is 0.905. The molecule has 0 radical (unpaired) electrons. The van der Waals surface area contributed by atoms with Gasteiger partial charge in [0.1, 0.15) is 11.4 Å². The van der Waals surface area contributed by atoms with Gasteiger partial charge in [0.05, 0.1) is 24.1 Å². The van der Waals surface area contributed by atoms with E-state index in [1.807, 2.05) is 0 Å². The number of nitrogens with one attached hydrogen (secondary N) is 1. The molecule has 1 aromatic heterocycles. The predicted octanol–water partition coefficient (Wildman–Crippen LogP) is 2.63. The number of aromatic nitrogens is 2. The molecule has 0 aliphatic rings. The Kier molecular flexibility index (Phi) is 3.84. The van der Waals surface area contributed by atoms with Crippen molar-refractivity contribution in [3.63, 3.8) is 0 Å². The van der Waals surface area contributed by atoms with E-state index in [1.54, 1.807) is 19.2 Å². The molecule has 5 nitrogen and oxygen atoms in total. The van der Waals surface area contributed by atoms with Gasteiger partial charge < -0.3 is 10.4 Å². The summed E-state index contributed by atoms with van der Waals surface area (Å²) in [6.45, 7) is 0.177. The maximum atomic E-state index is 13.6. The van der Waals surface area contributed by atoms with Crippen LogP contribution in [0.1, 0.15) is 16.1 Å². The first-order valence-electron chi connectivity index (χ1n) is 5.42. The molecule has 0 bridgehead atoms. The van der Waals surface area contributed by atoms with Crippen molar-refractivity contribution in [2.75, 3.05) is 5.32 Å². The summed E-state index contributed by atoms with van der Waals surface area (Å²) < 4.78 is 15.7. The van der Waals surface area contributed by atoms with Gasteiger partial charge in [-0.3, -0.25) is 4.68 Å². The van der Waals surface area contributed by atoms with Gasteiger partial charge in [-0.1, -0.05) is 15.9 Å². The van der Waals surface area contributed by atoms with Gasteiger partial charge in [0.15, 0.2) is 0 Å². The molecule has 0 atom stereocenters. The highest BCUT2D eigenvalue weighted by molar-refractivity contribution is 9.10. The van der Waals surface area contributed by atoms with Crippen LogP contribution in [0, 0.1) is 5.82 Å². The topological polar surface area (TPSA) is 67.2 Å². The molecule has 0 spiro atoms. The third kappa shape index (κ3) is 2.93. The molecular weight excluding hydrogens is 317 g/mol. The Balaban J connectivity index is 2.19. The SMILES string of the molecule is Cn1ncc(C(=O)O)c1CNc1ccc(Br)cc1F. The van der Waals surface area contributed by atoms with Crippen molar-refractivity contribution in [1.29, 1.82) is 0 Å². The van der Waals surface area contributed by atoms with Gasteiger partial charge in [0.25, 0.3) is 0 Å². The fourth-order valence-electron chi connectivity index (χ4n) is 1.66. The second-order valence-electron chi connectivity index (χ2n) is 3.91. The standard InChI is InChI=1S/C12H11BrFN3O2/c1-17-11(8(5-16-17)12(18)19)6-15-10-3-2-7(13)4-9(10)14/h2-5,15H,6H2,1H3,(H,18,19). The Bertz CT molecular complexity index is 627. The average molecular weight is 328 g/mol. The zero-order valence-corrected chi connectivity index (χ0v) is 11.6. The largest absolute Gasteiger partial charge is 0.478 e. The van der Waals surface area contributed by atoms with Gasteiger partial charge in [-0.25, -0.2) is 9.18 Å². The van der Waals surface area contributed by atoms with Gasteiger partial charge in [-0.15, -0.1) is 0 Å². The Morgan fingerprint density at radius 1 is 1.58 bits per heavy atom. The van der Waals surface area contributed by atoms with Crippen LogP contribution >= 0.6 is 15.9 Å². The summed E-state index contributed by atoms with van der Waals surface area (Å²) in [6.07, 6.45) is 1.28. The van der Waals surface area contributed by atoms with Crippen molar-refractivity contribution in [1.82, 2.24) is 9.78 Å². The molecule has 19 heavy (non-hydrogen) atoms. The predicted molar refractivity (Wildman–Crippen MR) is 71.6 cm³/mol. The second-order valence-corrected chi connectivity index (χ2v) is 4.83. The van der Waals surface area contributed by atoms with Crippen LogP contribution in [0.5, 0.6) is 0 Å². The molecule has 2 aromatic rings. The summed E-state index contributed by atoms with van der Waals surface area (Å²) in [5, 5.41) is 15.7. The lowest BCUT2D eigenvalue weighted by Gasteiger charge is -2.09. The lowest BCUT2D eigenvalue weighted by molar-refractivity contribution is 0.0695. The highest BCUT2D eigenvalue weighted by atomic mass is 79.9. The van der Waals surface area contributed by atoms with Crippen LogP contribution < -0.4 is 5.32 Å². The number of hydrogen-bond acceptors (Lipinski definition) is 3. The van der Waals surface area contributed by atoms with E-state index in [-0.39, 0.29) is 12.1 Å². The fourth-order valence-corrected chi connectivity index (χ4v) is 2.00. The van der Waals surface area contributed by atoms with E-state index in [9.17, 15) is 9.18 Å². The van der Waals surface area contributed by atoms with E-state index in [2.05, 4.69) is 26.3 Å². The molecule has 2 N–H and O–H groups in total.